The minimum Gasteiger partial charge on any atom is -0.327 e. The second-order valence-electron chi connectivity index (χ2n) is 5.66. The Hall–Kier alpha value is -0.650. The lowest BCUT2D eigenvalue weighted by molar-refractivity contribution is -0.130. The van der Waals surface area contributed by atoms with E-state index in [9.17, 15) is 4.79 Å². The zero-order chi connectivity index (χ0) is 13.1. The van der Waals surface area contributed by atoms with Crippen LogP contribution >= 0.6 is 0 Å². The van der Waals surface area contributed by atoms with Gasteiger partial charge >= 0.3 is 0 Å². The van der Waals surface area contributed by atoms with Crippen molar-refractivity contribution in [2.24, 2.45) is 0 Å². The number of hydrogen-bond donors (Lipinski definition) is 1. The van der Waals surface area contributed by atoms with E-state index >= 15 is 0 Å². The molecule has 0 bridgehead atoms. The van der Waals surface area contributed by atoms with Crippen LogP contribution in [0.4, 0.5) is 0 Å². The molecule has 0 saturated carbocycles. The SMILES string of the molecule is CCCC1NCN(CC2CN(C)CCN2C)C1=O. The fraction of sp³-hybridized carbons (Fsp3) is 0.923. The number of nitrogens with one attached hydrogen (secondary N) is 1. The molecule has 0 aliphatic carbocycles. The average Bonchev–Trinajstić information content (AvgIpc) is 2.67. The highest BCUT2D eigenvalue weighted by atomic mass is 16.2. The molecule has 2 heterocycles. The van der Waals surface area contributed by atoms with Gasteiger partial charge in [-0.2, -0.15) is 0 Å². The van der Waals surface area contributed by atoms with Gasteiger partial charge in [0.15, 0.2) is 0 Å². The van der Waals surface area contributed by atoms with Crippen LogP contribution in [0, 0.1) is 0 Å². The van der Waals surface area contributed by atoms with Gasteiger partial charge in [-0.1, -0.05) is 13.3 Å². The van der Waals surface area contributed by atoms with Crippen LogP contribution in [0.25, 0.3) is 0 Å². The van der Waals surface area contributed by atoms with Crippen molar-refractivity contribution in [1.29, 1.82) is 0 Å². The molecule has 2 saturated heterocycles. The summed E-state index contributed by atoms with van der Waals surface area (Å²) in [4.78, 5) is 18.9. The third-order valence-electron chi connectivity index (χ3n) is 4.13. The number of hydrogen-bond acceptors (Lipinski definition) is 4. The molecule has 2 unspecified atom stereocenters. The highest BCUT2D eigenvalue weighted by Crippen LogP contribution is 2.13. The number of piperazine rings is 1. The summed E-state index contributed by atoms with van der Waals surface area (Å²) in [5, 5.41) is 3.32. The number of likely N-dealkylation sites (N-methyl/N-ethyl adjacent to an activating group) is 2. The van der Waals surface area contributed by atoms with Crippen LogP contribution in [0.15, 0.2) is 0 Å². The van der Waals surface area contributed by atoms with E-state index in [1.165, 1.54) is 0 Å². The van der Waals surface area contributed by atoms with Gasteiger partial charge in [-0.25, -0.2) is 0 Å². The van der Waals surface area contributed by atoms with Crippen LogP contribution in [0.2, 0.25) is 0 Å². The van der Waals surface area contributed by atoms with E-state index in [2.05, 4.69) is 36.1 Å². The molecule has 0 spiro atoms. The van der Waals surface area contributed by atoms with Gasteiger partial charge in [0.1, 0.15) is 0 Å². The fourth-order valence-corrected chi connectivity index (χ4v) is 2.83. The lowest BCUT2D eigenvalue weighted by atomic mass is 10.1. The Bertz CT molecular complexity index is 297. The lowest BCUT2D eigenvalue weighted by Crippen LogP contribution is -2.54. The summed E-state index contributed by atoms with van der Waals surface area (Å²) in [7, 11) is 4.32. The molecule has 1 N–H and O–H groups in total. The van der Waals surface area contributed by atoms with E-state index in [1.54, 1.807) is 0 Å². The Morgan fingerprint density at radius 2 is 2.11 bits per heavy atom. The topological polar surface area (TPSA) is 38.8 Å². The smallest absolute Gasteiger partial charge is 0.240 e. The third kappa shape index (κ3) is 3.02. The molecule has 2 aliphatic rings. The maximum atomic E-state index is 12.2. The summed E-state index contributed by atoms with van der Waals surface area (Å²) in [6, 6.07) is 0.525. The summed E-state index contributed by atoms with van der Waals surface area (Å²) >= 11 is 0. The van der Waals surface area contributed by atoms with Crippen molar-refractivity contribution in [3.8, 4) is 0 Å². The molecule has 5 heteroatoms. The first-order chi connectivity index (χ1) is 8.61. The second-order valence-corrected chi connectivity index (χ2v) is 5.66. The van der Waals surface area contributed by atoms with Gasteiger partial charge in [-0.15, -0.1) is 0 Å². The molecular formula is C13H26N4O. The molecule has 1 amide bonds. The van der Waals surface area contributed by atoms with Gasteiger partial charge in [0.05, 0.1) is 12.7 Å². The molecule has 2 rings (SSSR count). The number of nitrogens with zero attached hydrogens (tertiary/aromatic N) is 3. The predicted octanol–water partition coefficient (Wildman–Crippen LogP) is -0.210. The molecule has 0 aromatic rings. The molecule has 0 aromatic carbocycles. The largest absolute Gasteiger partial charge is 0.327 e. The highest BCUT2D eigenvalue weighted by molar-refractivity contribution is 5.83. The van der Waals surface area contributed by atoms with Crippen molar-refractivity contribution < 1.29 is 4.79 Å². The Balaban J connectivity index is 1.87. The number of carbonyl (C=O) groups excluding carboxylic acids is 1. The minimum atomic E-state index is 0.0571. The van der Waals surface area contributed by atoms with E-state index in [4.69, 9.17) is 0 Å². The Kier molecular flexibility index (Phi) is 4.59. The molecule has 5 nitrogen and oxygen atoms in total. The summed E-state index contributed by atoms with van der Waals surface area (Å²) in [6.45, 7) is 6.97. The van der Waals surface area contributed by atoms with Crippen molar-refractivity contribution in [1.82, 2.24) is 20.0 Å². The Morgan fingerprint density at radius 1 is 1.33 bits per heavy atom. The first kappa shape index (κ1) is 13.8. The van der Waals surface area contributed by atoms with E-state index in [0.29, 0.717) is 11.9 Å². The normalized spacial score (nSPS) is 31.3. The van der Waals surface area contributed by atoms with Crippen molar-refractivity contribution in [3.63, 3.8) is 0 Å². The third-order valence-corrected chi connectivity index (χ3v) is 4.13. The van der Waals surface area contributed by atoms with Crippen molar-refractivity contribution in [2.45, 2.75) is 31.8 Å². The lowest BCUT2D eigenvalue weighted by Gasteiger charge is -2.39. The van der Waals surface area contributed by atoms with Gasteiger partial charge in [0.25, 0.3) is 0 Å². The number of carbonyl (C=O) groups is 1. The quantitative estimate of drug-likeness (QED) is 0.753. The van der Waals surface area contributed by atoms with Crippen molar-refractivity contribution in [3.05, 3.63) is 0 Å². The minimum absolute atomic E-state index is 0.0571. The molecule has 0 radical (unpaired) electrons. The summed E-state index contributed by atoms with van der Waals surface area (Å²) < 4.78 is 0. The number of amides is 1. The average molecular weight is 254 g/mol. The van der Waals surface area contributed by atoms with Crippen LogP contribution in [-0.4, -0.2) is 79.6 Å². The molecule has 104 valence electrons. The fourth-order valence-electron chi connectivity index (χ4n) is 2.83. The summed E-state index contributed by atoms with van der Waals surface area (Å²) in [6.07, 6.45) is 2.01. The van der Waals surface area contributed by atoms with Gasteiger partial charge in [-0.3, -0.25) is 15.0 Å². The molecule has 0 aromatic heterocycles. The Morgan fingerprint density at radius 3 is 2.83 bits per heavy atom. The van der Waals surface area contributed by atoms with Crippen molar-refractivity contribution >= 4 is 5.91 Å². The van der Waals surface area contributed by atoms with Crippen LogP contribution in [0.1, 0.15) is 19.8 Å². The van der Waals surface area contributed by atoms with Crippen LogP contribution in [-0.2, 0) is 4.79 Å². The maximum absolute atomic E-state index is 12.2. The summed E-state index contributed by atoms with van der Waals surface area (Å²) in [5.74, 6) is 0.290. The second kappa shape index (κ2) is 5.99. The van der Waals surface area contributed by atoms with E-state index in [0.717, 1.165) is 45.7 Å². The first-order valence-electron chi connectivity index (χ1n) is 7.02. The monoisotopic (exact) mass is 254 g/mol. The van der Waals surface area contributed by atoms with E-state index < -0.39 is 0 Å². The molecular weight excluding hydrogens is 228 g/mol. The summed E-state index contributed by atoms with van der Waals surface area (Å²) in [5.41, 5.74) is 0. The molecule has 2 fully saturated rings. The highest BCUT2D eigenvalue weighted by Gasteiger charge is 2.33. The molecule has 18 heavy (non-hydrogen) atoms. The van der Waals surface area contributed by atoms with Crippen LogP contribution in [0.5, 0.6) is 0 Å². The maximum Gasteiger partial charge on any atom is 0.240 e. The first-order valence-corrected chi connectivity index (χ1v) is 7.02. The number of rotatable bonds is 4. The van der Waals surface area contributed by atoms with Gasteiger partial charge in [-0.05, 0) is 20.5 Å². The zero-order valence-electron chi connectivity index (χ0n) is 11.9. The van der Waals surface area contributed by atoms with E-state index in [1.807, 2.05) is 4.90 Å². The van der Waals surface area contributed by atoms with Gasteiger partial charge in [0, 0.05) is 32.2 Å². The van der Waals surface area contributed by atoms with Gasteiger partial charge in [0.2, 0.25) is 5.91 Å². The van der Waals surface area contributed by atoms with Gasteiger partial charge < -0.3 is 9.80 Å². The van der Waals surface area contributed by atoms with Crippen LogP contribution in [0.3, 0.4) is 0 Å². The standard InChI is InChI=1S/C13H26N4O/c1-4-5-12-13(18)17(10-14-12)9-11-8-15(2)6-7-16(11)3/h11-12,14H,4-10H2,1-3H3. The van der Waals surface area contributed by atoms with Crippen molar-refractivity contribution in [2.75, 3.05) is 46.9 Å². The zero-order valence-corrected chi connectivity index (χ0v) is 11.9. The Labute approximate surface area is 110 Å². The molecule has 2 atom stereocenters. The van der Waals surface area contributed by atoms with E-state index in [-0.39, 0.29) is 6.04 Å². The predicted molar refractivity (Wildman–Crippen MR) is 72.3 cm³/mol. The molecule has 2 aliphatic heterocycles. The van der Waals surface area contributed by atoms with Crippen LogP contribution < -0.4 is 5.32 Å².